The molecule has 2 heteroatoms. The molecular weight excluding hydrogens is 164 g/mol. The van der Waals surface area contributed by atoms with E-state index in [0.717, 1.165) is 0 Å². The molecule has 0 aliphatic heterocycles. The van der Waals surface area contributed by atoms with Gasteiger partial charge in [-0.1, -0.05) is 23.7 Å². The third kappa shape index (κ3) is 10.8. The smallest absolute Gasteiger partial charge is 0.120 e. The molecule has 0 aromatic heterocycles. The second-order valence-electron chi connectivity index (χ2n) is 3.13. The maximum Gasteiger partial charge on any atom is 0.120 e. The molecule has 13 heavy (non-hydrogen) atoms. The summed E-state index contributed by atoms with van der Waals surface area (Å²) in [7, 11) is 0. The number of rotatable bonds is 0. The molecule has 0 fully saturated rings. The van der Waals surface area contributed by atoms with E-state index < -0.39 is 11.7 Å². The van der Waals surface area contributed by atoms with Crippen LogP contribution in [0, 0.1) is 23.7 Å². The van der Waals surface area contributed by atoms with Crippen molar-refractivity contribution < 1.29 is 10.2 Å². The van der Waals surface area contributed by atoms with Gasteiger partial charge in [0, 0.05) is 0 Å². The summed E-state index contributed by atoms with van der Waals surface area (Å²) in [6.07, 6.45) is 2.45. The summed E-state index contributed by atoms with van der Waals surface area (Å²) in [5.41, 5.74) is -0.970. The van der Waals surface area contributed by atoms with Gasteiger partial charge in [0.2, 0.25) is 0 Å². The fourth-order valence-corrected chi connectivity index (χ4v) is 0.470. The van der Waals surface area contributed by atoms with Gasteiger partial charge in [0.25, 0.3) is 0 Å². The predicted octanol–water partition coefficient (Wildman–Crippen LogP) is 0.701. The molecule has 70 valence electrons. The number of allylic oxidation sites excluding steroid dienone is 2. The Morgan fingerprint density at radius 1 is 1.23 bits per heavy atom. The first-order valence-corrected chi connectivity index (χ1v) is 4.01. The Balaban J connectivity index is 4.03. The van der Waals surface area contributed by atoms with Crippen molar-refractivity contribution in [3.05, 3.63) is 12.2 Å². The highest BCUT2D eigenvalue weighted by Gasteiger charge is 2.04. The van der Waals surface area contributed by atoms with E-state index in [1.807, 2.05) is 0 Å². The predicted molar refractivity (Wildman–Crippen MR) is 52.7 cm³/mol. The summed E-state index contributed by atoms with van der Waals surface area (Å²) >= 11 is 0. The summed E-state index contributed by atoms with van der Waals surface area (Å²) in [5, 5.41) is 17.9. The van der Waals surface area contributed by atoms with Crippen molar-refractivity contribution in [1.29, 1.82) is 0 Å². The maximum absolute atomic E-state index is 9.18. The quantitative estimate of drug-likeness (QED) is 0.536. The van der Waals surface area contributed by atoms with Crippen LogP contribution < -0.4 is 0 Å². The summed E-state index contributed by atoms with van der Waals surface area (Å²) in [6, 6.07) is 0. The van der Waals surface area contributed by atoms with Crippen LogP contribution in [-0.2, 0) is 0 Å². The zero-order valence-electron chi connectivity index (χ0n) is 8.13. The number of aliphatic hydroxyl groups excluding tert-OH is 1. The van der Waals surface area contributed by atoms with Crippen LogP contribution in [0.15, 0.2) is 12.2 Å². The van der Waals surface area contributed by atoms with E-state index in [0.29, 0.717) is 0 Å². The van der Waals surface area contributed by atoms with E-state index in [1.54, 1.807) is 20.8 Å². The summed E-state index contributed by atoms with van der Waals surface area (Å²) in [4.78, 5) is 0. The van der Waals surface area contributed by atoms with Crippen LogP contribution in [-0.4, -0.2) is 21.9 Å². The van der Waals surface area contributed by atoms with Gasteiger partial charge >= 0.3 is 0 Å². The zero-order chi connectivity index (χ0) is 10.3. The Morgan fingerprint density at radius 2 is 1.77 bits per heavy atom. The van der Waals surface area contributed by atoms with E-state index in [2.05, 4.69) is 23.7 Å². The van der Waals surface area contributed by atoms with Gasteiger partial charge in [0.15, 0.2) is 0 Å². The second-order valence-corrected chi connectivity index (χ2v) is 3.13. The molecule has 0 bridgehead atoms. The minimum Gasteiger partial charge on any atom is -0.381 e. The molecule has 0 saturated heterocycles. The van der Waals surface area contributed by atoms with Crippen LogP contribution in [0.2, 0.25) is 0 Å². The summed E-state index contributed by atoms with van der Waals surface area (Å²) in [5.74, 6) is 10.4. The number of hydrogen-bond donors (Lipinski definition) is 2. The van der Waals surface area contributed by atoms with Crippen LogP contribution in [0.4, 0.5) is 0 Å². The first kappa shape index (κ1) is 11.8. The molecule has 0 rings (SSSR count). The maximum atomic E-state index is 9.18. The van der Waals surface area contributed by atoms with Crippen molar-refractivity contribution in [3.8, 4) is 23.7 Å². The van der Waals surface area contributed by atoms with Crippen molar-refractivity contribution in [3.63, 3.8) is 0 Å². The SMILES string of the molecule is C[C@H](O)C#C/C=C/C#CC(C)(C)O. The van der Waals surface area contributed by atoms with Crippen LogP contribution in [0.1, 0.15) is 20.8 Å². The molecule has 2 N–H and O–H groups in total. The van der Waals surface area contributed by atoms with Gasteiger partial charge in [-0.15, -0.1) is 0 Å². The number of hydrogen-bond acceptors (Lipinski definition) is 2. The molecule has 0 amide bonds. The van der Waals surface area contributed by atoms with Gasteiger partial charge in [-0.05, 0) is 32.9 Å². The van der Waals surface area contributed by atoms with Gasteiger partial charge < -0.3 is 10.2 Å². The average molecular weight is 178 g/mol. The largest absolute Gasteiger partial charge is 0.381 e. The lowest BCUT2D eigenvalue weighted by Crippen LogP contribution is -2.14. The molecule has 0 spiro atoms. The van der Waals surface area contributed by atoms with Gasteiger partial charge in [0.1, 0.15) is 11.7 Å². The molecule has 0 unspecified atom stereocenters. The van der Waals surface area contributed by atoms with Crippen molar-refractivity contribution >= 4 is 0 Å². The third-order valence-corrected chi connectivity index (χ3v) is 0.920. The van der Waals surface area contributed by atoms with Crippen LogP contribution >= 0.6 is 0 Å². The van der Waals surface area contributed by atoms with E-state index in [-0.39, 0.29) is 0 Å². The first-order chi connectivity index (χ1) is 5.92. The lowest BCUT2D eigenvalue weighted by Gasteiger charge is -2.04. The van der Waals surface area contributed by atoms with Crippen LogP contribution in [0.25, 0.3) is 0 Å². The zero-order valence-corrected chi connectivity index (χ0v) is 8.13. The lowest BCUT2D eigenvalue weighted by molar-refractivity contribution is 0.143. The third-order valence-electron chi connectivity index (χ3n) is 0.920. The first-order valence-electron chi connectivity index (χ1n) is 4.01. The molecule has 0 radical (unpaired) electrons. The van der Waals surface area contributed by atoms with Crippen molar-refractivity contribution in [2.45, 2.75) is 32.5 Å². The molecular formula is C11H14O2. The highest BCUT2D eigenvalue weighted by atomic mass is 16.3. The Kier molecular flexibility index (Phi) is 4.92. The molecule has 0 saturated carbocycles. The Labute approximate surface area is 79.3 Å². The molecule has 0 aromatic rings. The molecule has 1 atom stereocenters. The molecule has 0 aliphatic rings. The van der Waals surface area contributed by atoms with E-state index >= 15 is 0 Å². The number of aliphatic hydroxyl groups is 2. The van der Waals surface area contributed by atoms with E-state index in [1.165, 1.54) is 12.2 Å². The van der Waals surface area contributed by atoms with Gasteiger partial charge in [-0.3, -0.25) is 0 Å². The highest BCUT2D eigenvalue weighted by molar-refractivity contribution is 5.27. The summed E-state index contributed by atoms with van der Waals surface area (Å²) in [6.45, 7) is 4.80. The highest BCUT2D eigenvalue weighted by Crippen LogP contribution is 1.95. The minimum absolute atomic E-state index is 0.619. The lowest BCUT2D eigenvalue weighted by atomic mass is 10.1. The average Bonchev–Trinajstić information content (AvgIpc) is 1.93. The Morgan fingerprint density at radius 3 is 2.23 bits per heavy atom. The van der Waals surface area contributed by atoms with Gasteiger partial charge in [-0.2, -0.15) is 0 Å². The normalized spacial score (nSPS) is 12.7. The van der Waals surface area contributed by atoms with Crippen LogP contribution in [0.3, 0.4) is 0 Å². The molecule has 0 aromatic carbocycles. The fourth-order valence-electron chi connectivity index (χ4n) is 0.470. The van der Waals surface area contributed by atoms with Gasteiger partial charge in [-0.25, -0.2) is 0 Å². The summed E-state index contributed by atoms with van der Waals surface area (Å²) < 4.78 is 0. The topological polar surface area (TPSA) is 40.5 Å². The Hall–Kier alpha value is -1.22. The van der Waals surface area contributed by atoms with Gasteiger partial charge in [0.05, 0.1) is 0 Å². The molecule has 0 aliphatic carbocycles. The van der Waals surface area contributed by atoms with Crippen molar-refractivity contribution in [2.75, 3.05) is 0 Å². The van der Waals surface area contributed by atoms with E-state index in [4.69, 9.17) is 5.11 Å². The molecule has 0 heterocycles. The minimum atomic E-state index is -0.970. The van der Waals surface area contributed by atoms with E-state index in [9.17, 15) is 5.11 Å². The molecule has 2 nitrogen and oxygen atoms in total. The monoisotopic (exact) mass is 178 g/mol. The van der Waals surface area contributed by atoms with Crippen molar-refractivity contribution in [2.24, 2.45) is 0 Å². The van der Waals surface area contributed by atoms with Crippen molar-refractivity contribution in [1.82, 2.24) is 0 Å². The second kappa shape index (κ2) is 5.43. The fraction of sp³-hybridized carbons (Fsp3) is 0.455. The Bertz CT molecular complexity index is 284. The standard InChI is InChI=1S/C11H14O2/c1-10(12)8-6-4-5-7-9-11(2,3)13/h4-5,10,12-13H,1-3H3/b5-4+/t10-/m0/s1. The van der Waals surface area contributed by atoms with Crippen LogP contribution in [0.5, 0.6) is 0 Å².